The minimum Gasteiger partial charge on any atom is -0.305 e. The molecule has 2 aliphatic heterocycles. The molecule has 0 atom stereocenters. The van der Waals surface area contributed by atoms with Gasteiger partial charge in [0.1, 0.15) is 0 Å². The van der Waals surface area contributed by atoms with Crippen molar-refractivity contribution in [2.75, 3.05) is 0 Å². The molecular weight excluding hydrogens is 565 g/mol. The fourth-order valence-electron chi connectivity index (χ4n) is 5.96. The van der Waals surface area contributed by atoms with E-state index >= 15 is 0 Å². The van der Waals surface area contributed by atoms with E-state index in [2.05, 4.69) is 105 Å². The van der Waals surface area contributed by atoms with Crippen molar-refractivity contribution in [3.8, 4) is 11.3 Å². The predicted octanol–water partition coefficient (Wildman–Crippen LogP) is 4.34. The average Bonchev–Trinajstić information content (AvgIpc) is 2.79. The first-order valence-corrected chi connectivity index (χ1v) is 11.1. The third kappa shape index (κ3) is 2.78. The summed E-state index contributed by atoms with van der Waals surface area (Å²) in [5, 5.41) is 0. The summed E-state index contributed by atoms with van der Waals surface area (Å²) in [5.74, 6) is 0. The van der Waals surface area contributed by atoms with Crippen molar-refractivity contribution in [2.45, 2.75) is 38.5 Å². The second-order valence-electron chi connectivity index (χ2n) is 9.96. The fraction of sp³-hybridized carbons (Fsp3) is 0.207. The molecule has 0 fully saturated rings. The molecule has 0 unspecified atom stereocenters. The third-order valence-electron chi connectivity index (χ3n) is 7.53. The van der Waals surface area contributed by atoms with Crippen LogP contribution in [0.15, 0.2) is 79.0 Å². The van der Waals surface area contributed by atoms with Crippen LogP contribution in [0.25, 0.3) is 11.3 Å². The summed E-state index contributed by atoms with van der Waals surface area (Å²) in [6, 6.07) is 30.4. The monoisotopic (exact) mass is 591 g/mol. The number of hydrogen-bond acceptors (Lipinski definition) is 1. The Balaban J connectivity index is 0.00000216. The Morgan fingerprint density at radius 3 is 1.94 bits per heavy atom. The van der Waals surface area contributed by atoms with Crippen LogP contribution in [-0.2, 0) is 30.9 Å². The number of rotatable bonds is 1. The second kappa shape index (κ2) is 7.27. The van der Waals surface area contributed by atoms with Gasteiger partial charge in [-0.05, 0) is 33.7 Å². The first kappa shape index (κ1) is 21.4. The van der Waals surface area contributed by atoms with Gasteiger partial charge in [0.2, 0.25) is 0 Å². The Bertz CT molecular complexity index is 1260. The van der Waals surface area contributed by atoms with Crippen molar-refractivity contribution in [3.05, 3.63) is 107 Å². The number of pyridine rings is 1. The van der Waals surface area contributed by atoms with E-state index < -0.39 is 0 Å². The zero-order valence-corrected chi connectivity index (χ0v) is 21.3. The third-order valence-corrected chi connectivity index (χ3v) is 7.53. The van der Waals surface area contributed by atoms with Gasteiger partial charge in [-0.15, -0.1) is 34.3 Å². The molecule has 3 heterocycles. The van der Waals surface area contributed by atoms with E-state index in [-0.39, 0.29) is 37.6 Å². The van der Waals surface area contributed by atoms with Gasteiger partial charge in [0.25, 0.3) is 0 Å². The van der Waals surface area contributed by atoms with Crippen LogP contribution in [-0.4, -0.2) is 11.7 Å². The maximum Gasteiger partial charge on any atom is 0.192 e. The molecule has 1 nitrogen and oxygen atoms in total. The van der Waals surface area contributed by atoms with Gasteiger partial charge in [-0.3, -0.25) is 0 Å². The Labute approximate surface area is 204 Å². The molecule has 3 heteroatoms. The molecule has 2 aliphatic rings. The van der Waals surface area contributed by atoms with Crippen molar-refractivity contribution >= 4 is 23.1 Å². The van der Waals surface area contributed by atoms with Crippen LogP contribution >= 0.6 is 0 Å². The Morgan fingerprint density at radius 2 is 1.31 bits per heavy atom. The molecule has 1 aromatic heterocycles. The van der Waals surface area contributed by atoms with Gasteiger partial charge >= 0.3 is 0 Å². The molecule has 0 aliphatic carbocycles. The first-order valence-electron chi connectivity index (χ1n) is 11.1. The van der Waals surface area contributed by atoms with Crippen molar-refractivity contribution in [3.63, 3.8) is 0 Å². The summed E-state index contributed by atoms with van der Waals surface area (Å²) in [5.41, 5.74) is 11.7. The number of fused-ring (bicyclic) bond motifs is 4. The van der Waals surface area contributed by atoms with Gasteiger partial charge < -0.3 is 4.98 Å². The maximum atomic E-state index is 4.66. The topological polar surface area (TPSA) is 12.9 Å². The van der Waals surface area contributed by atoms with E-state index in [9.17, 15) is 0 Å². The van der Waals surface area contributed by atoms with E-state index in [0.29, 0.717) is 0 Å². The van der Waals surface area contributed by atoms with Gasteiger partial charge in [-0.25, -0.2) is 0 Å². The molecular formula is C29H25BIrN-. The normalized spacial score (nSPS) is 16.3. The van der Waals surface area contributed by atoms with Crippen LogP contribution in [0.2, 0.25) is 0 Å². The zero-order chi connectivity index (χ0) is 21.4. The van der Waals surface area contributed by atoms with Gasteiger partial charge in [-0.1, -0.05) is 99.3 Å². The summed E-state index contributed by atoms with van der Waals surface area (Å²) < 4.78 is 0. The number of nitrogens with zero attached hydrogens (tertiary/aromatic N) is 1. The molecule has 0 amide bonds. The van der Waals surface area contributed by atoms with E-state index in [4.69, 9.17) is 0 Å². The molecule has 0 saturated carbocycles. The molecule has 0 saturated heterocycles. The van der Waals surface area contributed by atoms with Gasteiger partial charge in [0, 0.05) is 26.3 Å². The minimum atomic E-state index is -0.121. The number of hydrogen-bond donors (Lipinski definition) is 0. The van der Waals surface area contributed by atoms with Crippen LogP contribution in [0.4, 0.5) is 0 Å². The van der Waals surface area contributed by atoms with Crippen molar-refractivity contribution in [2.24, 2.45) is 0 Å². The van der Waals surface area contributed by atoms with E-state index in [1.165, 1.54) is 38.6 Å². The Hall–Kier alpha value is -2.48. The molecule has 32 heavy (non-hydrogen) atoms. The van der Waals surface area contributed by atoms with Crippen molar-refractivity contribution in [1.82, 2.24) is 4.98 Å². The zero-order valence-electron chi connectivity index (χ0n) is 18.9. The largest absolute Gasteiger partial charge is 0.305 e. The van der Waals surface area contributed by atoms with E-state index in [0.717, 1.165) is 11.3 Å². The average molecular weight is 591 g/mol. The van der Waals surface area contributed by atoms with Crippen LogP contribution in [0.3, 0.4) is 0 Å². The van der Waals surface area contributed by atoms with Crippen LogP contribution in [0.1, 0.15) is 49.9 Å². The molecule has 0 N–H and O–H groups in total. The molecule has 1 radical (unpaired) electrons. The van der Waals surface area contributed by atoms with Crippen molar-refractivity contribution < 1.29 is 20.1 Å². The summed E-state index contributed by atoms with van der Waals surface area (Å²) >= 11 is 0. The maximum absolute atomic E-state index is 4.66. The Kier molecular flexibility index (Phi) is 4.86. The number of benzene rings is 3. The molecule has 3 aromatic carbocycles. The fourth-order valence-corrected chi connectivity index (χ4v) is 5.96. The van der Waals surface area contributed by atoms with Crippen LogP contribution in [0.5, 0.6) is 0 Å². The first-order chi connectivity index (χ1) is 14.9. The quantitative estimate of drug-likeness (QED) is 0.238. The smallest absolute Gasteiger partial charge is 0.192 e. The second-order valence-corrected chi connectivity index (χ2v) is 9.96. The summed E-state index contributed by atoms with van der Waals surface area (Å²) in [6.45, 7) is 9.70. The Morgan fingerprint density at radius 1 is 0.719 bits per heavy atom. The standard InChI is InChI=1S/C29H25BN.Ir/c1-28(2)20-11-5-7-13-24(20)30-25-14-8-6-12-21(25)29(3,4)23-18-19(17-22(28)27(23)30)26-15-9-10-16-31-26;/h5-17H,1-4H3;/q-1;. The number of aromatic nitrogens is 1. The van der Waals surface area contributed by atoms with Crippen molar-refractivity contribution in [1.29, 1.82) is 0 Å². The van der Waals surface area contributed by atoms with Crippen LogP contribution < -0.4 is 16.4 Å². The molecule has 0 bridgehead atoms. The van der Waals surface area contributed by atoms with Gasteiger partial charge in [0.05, 0.1) is 0 Å². The summed E-state index contributed by atoms with van der Waals surface area (Å²) in [7, 11) is 0. The molecule has 4 aromatic rings. The molecule has 0 spiro atoms. The van der Waals surface area contributed by atoms with E-state index in [1.807, 2.05) is 12.3 Å². The van der Waals surface area contributed by atoms with Gasteiger partial charge in [-0.2, -0.15) is 0 Å². The summed E-state index contributed by atoms with van der Waals surface area (Å²) in [6.07, 6.45) is 1.87. The summed E-state index contributed by atoms with van der Waals surface area (Å²) in [4.78, 5) is 4.66. The molecule has 159 valence electrons. The van der Waals surface area contributed by atoms with Crippen LogP contribution in [0, 0.1) is 6.07 Å². The minimum absolute atomic E-state index is 0. The predicted molar refractivity (Wildman–Crippen MR) is 130 cm³/mol. The SMILES string of the molecule is CC1(C)c2[c-]c(-c3ccccn3)cc3c2B(c2ccccc21)c1ccccc1C3(C)C.[Ir]. The molecule has 6 rings (SSSR count). The van der Waals surface area contributed by atoms with E-state index in [1.54, 1.807) is 0 Å². The van der Waals surface area contributed by atoms with Gasteiger partial charge in [0.15, 0.2) is 6.71 Å².